The van der Waals surface area contributed by atoms with Crippen molar-refractivity contribution in [3.8, 4) is 0 Å². The first-order valence-corrected chi connectivity index (χ1v) is 8.87. The molecule has 2 aromatic rings. The summed E-state index contributed by atoms with van der Waals surface area (Å²) in [5.74, 6) is 0.534. The fourth-order valence-corrected chi connectivity index (χ4v) is 3.39. The topological polar surface area (TPSA) is 61.4 Å². The highest BCUT2D eigenvalue weighted by Crippen LogP contribution is 2.17. The molecule has 5 nitrogen and oxygen atoms in total. The van der Waals surface area contributed by atoms with Crippen LogP contribution in [0.1, 0.15) is 23.2 Å². The number of likely N-dealkylation sites (tertiary alicyclic amines) is 1. The Hall–Kier alpha value is -2.40. The molecule has 1 aliphatic heterocycles. The molecule has 5 heteroatoms. The molecule has 2 N–H and O–H groups in total. The third kappa shape index (κ3) is 4.37. The van der Waals surface area contributed by atoms with Crippen LogP contribution in [0.3, 0.4) is 0 Å². The highest BCUT2D eigenvalue weighted by Gasteiger charge is 2.25. The fourth-order valence-electron chi connectivity index (χ4n) is 3.39. The molecular weight excluding hydrogens is 314 g/mol. The molecule has 0 bridgehead atoms. The molecule has 2 aromatic carbocycles. The third-order valence-corrected chi connectivity index (χ3v) is 4.77. The first-order valence-electron chi connectivity index (χ1n) is 8.87. The number of nitrogens with one attached hydrogen (secondary N) is 2. The summed E-state index contributed by atoms with van der Waals surface area (Å²) >= 11 is 0. The summed E-state index contributed by atoms with van der Waals surface area (Å²) in [5.41, 5.74) is 0.626. The van der Waals surface area contributed by atoms with Crippen LogP contribution in [0.5, 0.6) is 0 Å². The maximum atomic E-state index is 12.3. The van der Waals surface area contributed by atoms with Gasteiger partial charge in [0.15, 0.2) is 0 Å². The van der Waals surface area contributed by atoms with Crippen molar-refractivity contribution in [3.05, 3.63) is 48.0 Å². The Kier molecular flexibility index (Phi) is 5.66. The second-order valence-corrected chi connectivity index (χ2v) is 6.62. The van der Waals surface area contributed by atoms with Crippen LogP contribution < -0.4 is 10.6 Å². The van der Waals surface area contributed by atoms with E-state index in [0.717, 1.165) is 36.8 Å². The minimum atomic E-state index is -0.131. The summed E-state index contributed by atoms with van der Waals surface area (Å²) in [4.78, 5) is 26.4. The Balaban J connectivity index is 1.48. The quantitative estimate of drug-likeness (QED) is 0.846. The lowest BCUT2D eigenvalue weighted by Crippen LogP contribution is -2.34. The van der Waals surface area contributed by atoms with E-state index in [0.29, 0.717) is 24.4 Å². The zero-order chi connectivity index (χ0) is 17.6. The maximum absolute atomic E-state index is 12.3. The van der Waals surface area contributed by atoms with Gasteiger partial charge in [-0.05, 0) is 48.8 Å². The van der Waals surface area contributed by atoms with Crippen molar-refractivity contribution in [3.63, 3.8) is 0 Å². The summed E-state index contributed by atoms with van der Waals surface area (Å²) in [6.45, 7) is 2.96. The summed E-state index contributed by atoms with van der Waals surface area (Å²) in [6, 6.07) is 13.6. The molecule has 0 aromatic heterocycles. The predicted molar refractivity (Wildman–Crippen MR) is 99.5 cm³/mol. The lowest BCUT2D eigenvalue weighted by atomic mass is 10.1. The van der Waals surface area contributed by atoms with Crippen molar-refractivity contribution in [2.24, 2.45) is 5.92 Å². The van der Waals surface area contributed by atoms with Crippen LogP contribution in [-0.2, 0) is 4.79 Å². The van der Waals surface area contributed by atoms with E-state index in [9.17, 15) is 9.59 Å². The maximum Gasteiger partial charge on any atom is 0.251 e. The molecule has 1 unspecified atom stereocenters. The molecule has 0 aliphatic carbocycles. The van der Waals surface area contributed by atoms with E-state index in [-0.39, 0.29) is 11.8 Å². The Morgan fingerprint density at radius 2 is 1.96 bits per heavy atom. The lowest BCUT2D eigenvalue weighted by molar-refractivity contribution is -0.130. The number of amides is 2. The highest BCUT2D eigenvalue weighted by molar-refractivity contribution is 5.98. The summed E-state index contributed by atoms with van der Waals surface area (Å²) < 4.78 is 0. The standard InChI is InChI=1S/C20H25N3O2/c1-21-13-15-9-11-23(14-15)19(24)8-10-22-20(25)18-7-6-16-4-2-3-5-17(16)12-18/h2-7,12,15,21H,8-11,13-14H2,1H3,(H,22,25). The van der Waals surface area contributed by atoms with Gasteiger partial charge in [0.25, 0.3) is 5.91 Å². The lowest BCUT2D eigenvalue weighted by Gasteiger charge is -2.16. The van der Waals surface area contributed by atoms with Crippen LogP contribution in [0.25, 0.3) is 10.8 Å². The minimum absolute atomic E-state index is 0.123. The Morgan fingerprint density at radius 3 is 2.76 bits per heavy atom. The Morgan fingerprint density at radius 1 is 1.16 bits per heavy atom. The van der Waals surface area contributed by atoms with Crippen LogP contribution in [0.15, 0.2) is 42.5 Å². The van der Waals surface area contributed by atoms with Crippen LogP contribution in [0.2, 0.25) is 0 Å². The van der Waals surface area contributed by atoms with Crippen LogP contribution in [-0.4, -0.2) is 49.9 Å². The van der Waals surface area contributed by atoms with Gasteiger partial charge in [0.1, 0.15) is 0 Å². The predicted octanol–water partition coefficient (Wildman–Crippen LogP) is 2.03. The van der Waals surface area contributed by atoms with E-state index < -0.39 is 0 Å². The molecule has 0 saturated carbocycles. The van der Waals surface area contributed by atoms with Crippen molar-refractivity contribution in [1.82, 2.24) is 15.5 Å². The molecule has 0 spiro atoms. The largest absolute Gasteiger partial charge is 0.352 e. The van der Waals surface area contributed by atoms with Crippen molar-refractivity contribution >= 4 is 22.6 Å². The van der Waals surface area contributed by atoms with Crippen molar-refractivity contribution < 1.29 is 9.59 Å². The minimum Gasteiger partial charge on any atom is -0.352 e. The van der Waals surface area contributed by atoms with Gasteiger partial charge in [0, 0.05) is 31.6 Å². The summed E-state index contributed by atoms with van der Waals surface area (Å²) in [7, 11) is 1.94. The number of carbonyl (C=O) groups is 2. The smallest absolute Gasteiger partial charge is 0.251 e. The number of nitrogens with zero attached hydrogens (tertiary/aromatic N) is 1. The van der Waals surface area contributed by atoms with Gasteiger partial charge in [-0.25, -0.2) is 0 Å². The number of hydrogen-bond acceptors (Lipinski definition) is 3. The zero-order valence-corrected chi connectivity index (χ0v) is 14.6. The van der Waals surface area contributed by atoms with E-state index in [1.54, 1.807) is 0 Å². The van der Waals surface area contributed by atoms with E-state index in [1.165, 1.54) is 0 Å². The van der Waals surface area contributed by atoms with E-state index in [4.69, 9.17) is 0 Å². The van der Waals surface area contributed by atoms with Crippen LogP contribution in [0, 0.1) is 5.92 Å². The molecule has 1 atom stereocenters. The van der Waals surface area contributed by atoms with Gasteiger partial charge in [-0.2, -0.15) is 0 Å². The van der Waals surface area contributed by atoms with Crippen molar-refractivity contribution in [2.75, 3.05) is 33.2 Å². The molecule has 1 fully saturated rings. The van der Waals surface area contributed by atoms with E-state index >= 15 is 0 Å². The SMILES string of the molecule is CNCC1CCN(C(=O)CCNC(=O)c2ccc3ccccc3c2)C1. The van der Waals surface area contributed by atoms with Gasteiger partial charge < -0.3 is 15.5 Å². The first-order chi connectivity index (χ1) is 12.2. The molecule has 25 heavy (non-hydrogen) atoms. The third-order valence-electron chi connectivity index (χ3n) is 4.77. The molecular formula is C20H25N3O2. The molecule has 2 amide bonds. The molecule has 1 saturated heterocycles. The van der Waals surface area contributed by atoms with E-state index in [2.05, 4.69) is 10.6 Å². The number of carbonyl (C=O) groups excluding carboxylic acids is 2. The zero-order valence-electron chi connectivity index (χ0n) is 14.6. The number of rotatable bonds is 6. The number of fused-ring (bicyclic) bond motifs is 1. The van der Waals surface area contributed by atoms with Crippen molar-refractivity contribution in [1.29, 1.82) is 0 Å². The number of benzene rings is 2. The van der Waals surface area contributed by atoms with Crippen LogP contribution in [0.4, 0.5) is 0 Å². The van der Waals surface area contributed by atoms with Crippen molar-refractivity contribution in [2.45, 2.75) is 12.8 Å². The van der Waals surface area contributed by atoms with Crippen LogP contribution >= 0.6 is 0 Å². The van der Waals surface area contributed by atoms with Gasteiger partial charge in [-0.1, -0.05) is 30.3 Å². The average molecular weight is 339 g/mol. The molecule has 0 radical (unpaired) electrons. The summed E-state index contributed by atoms with van der Waals surface area (Å²) in [6.07, 6.45) is 1.40. The van der Waals surface area contributed by atoms with E-state index in [1.807, 2.05) is 54.4 Å². The van der Waals surface area contributed by atoms with Gasteiger partial charge in [-0.15, -0.1) is 0 Å². The molecule has 1 aliphatic rings. The molecule has 1 heterocycles. The second-order valence-electron chi connectivity index (χ2n) is 6.62. The molecule has 132 valence electrons. The number of hydrogen-bond donors (Lipinski definition) is 2. The Labute approximate surface area is 148 Å². The van der Waals surface area contributed by atoms with Gasteiger partial charge in [0.2, 0.25) is 5.91 Å². The second kappa shape index (κ2) is 8.12. The van der Waals surface area contributed by atoms with Gasteiger partial charge in [0.05, 0.1) is 0 Å². The fraction of sp³-hybridized carbons (Fsp3) is 0.400. The molecule has 3 rings (SSSR count). The first kappa shape index (κ1) is 17.4. The highest BCUT2D eigenvalue weighted by atomic mass is 16.2. The average Bonchev–Trinajstić information content (AvgIpc) is 3.10. The normalized spacial score (nSPS) is 17.0. The summed E-state index contributed by atoms with van der Waals surface area (Å²) in [5, 5.41) is 8.17. The van der Waals surface area contributed by atoms with Gasteiger partial charge >= 0.3 is 0 Å². The monoisotopic (exact) mass is 339 g/mol. The van der Waals surface area contributed by atoms with Gasteiger partial charge in [-0.3, -0.25) is 9.59 Å². The Bertz CT molecular complexity index is 759.